The predicted molar refractivity (Wildman–Crippen MR) is 80.3 cm³/mol. The second-order valence-electron chi connectivity index (χ2n) is 5.70. The number of benzene rings is 1. The number of nitrogens with two attached hydrogens (primary N) is 1. The number of hydrogen-bond donors (Lipinski definition) is 1. The Hall–Kier alpha value is -1.38. The van der Waals surface area contributed by atoms with Gasteiger partial charge in [0.25, 0.3) is 0 Å². The van der Waals surface area contributed by atoms with Gasteiger partial charge < -0.3 is 5.73 Å². The summed E-state index contributed by atoms with van der Waals surface area (Å²) in [5.41, 5.74) is 7.13. The monoisotopic (exact) mass is 281 g/mol. The quantitative estimate of drug-likeness (QED) is 0.702. The van der Waals surface area contributed by atoms with E-state index in [2.05, 4.69) is 13.5 Å². The van der Waals surface area contributed by atoms with Crippen LogP contribution in [0.25, 0.3) is 0 Å². The summed E-state index contributed by atoms with van der Waals surface area (Å²) < 4.78 is 26.4. The van der Waals surface area contributed by atoms with Crippen LogP contribution in [0.4, 0.5) is 8.78 Å². The number of halogens is 2. The molecule has 1 rings (SSSR count). The molecule has 1 aromatic rings. The van der Waals surface area contributed by atoms with Crippen LogP contribution in [-0.2, 0) is 0 Å². The zero-order valence-corrected chi connectivity index (χ0v) is 12.5. The molecule has 2 unspecified atom stereocenters. The van der Waals surface area contributed by atoms with Crippen molar-refractivity contribution in [2.24, 2.45) is 11.7 Å². The maximum atomic E-state index is 13.2. The van der Waals surface area contributed by atoms with Gasteiger partial charge in [0, 0.05) is 11.8 Å². The summed E-state index contributed by atoms with van der Waals surface area (Å²) in [6.45, 7) is 7.92. The van der Waals surface area contributed by atoms with Gasteiger partial charge >= 0.3 is 0 Å². The van der Waals surface area contributed by atoms with Gasteiger partial charge in [-0.1, -0.05) is 33.3 Å². The molecule has 20 heavy (non-hydrogen) atoms. The molecule has 0 aliphatic carbocycles. The Labute approximate surface area is 120 Å². The molecule has 2 atom stereocenters. The first-order valence-corrected chi connectivity index (χ1v) is 7.31. The van der Waals surface area contributed by atoms with E-state index in [0.29, 0.717) is 11.6 Å². The van der Waals surface area contributed by atoms with Crippen LogP contribution in [0.5, 0.6) is 0 Å². The highest BCUT2D eigenvalue weighted by Crippen LogP contribution is 2.28. The molecular formula is C17H25F2N. The highest BCUT2D eigenvalue weighted by molar-refractivity contribution is 5.21. The van der Waals surface area contributed by atoms with E-state index in [9.17, 15) is 8.78 Å². The molecule has 2 N–H and O–H groups in total. The minimum atomic E-state index is -0.507. The van der Waals surface area contributed by atoms with Crippen LogP contribution in [0.3, 0.4) is 0 Å². The van der Waals surface area contributed by atoms with Gasteiger partial charge in [-0.05, 0) is 48.8 Å². The van der Waals surface area contributed by atoms with E-state index in [1.54, 1.807) is 0 Å². The lowest BCUT2D eigenvalue weighted by Gasteiger charge is -2.19. The third-order valence-corrected chi connectivity index (χ3v) is 3.71. The Kier molecular flexibility index (Phi) is 6.69. The Morgan fingerprint density at radius 2 is 1.75 bits per heavy atom. The van der Waals surface area contributed by atoms with Crippen molar-refractivity contribution in [3.8, 4) is 0 Å². The van der Waals surface area contributed by atoms with Gasteiger partial charge in [-0.3, -0.25) is 0 Å². The van der Waals surface area contributed by atoms with Crippen molar-refractivity contribution in [2.75, 3.05) is 0 Å². The fourth-order valence-electron chi connectivity index (χ4n) is 2.64. The van der Waals surface area contributed by atoms with E-state index in [1.807, 2.05) is 6.92 Å². The third-order valence-electron chi connectivity index (χ3n) is 3.71. The summed E-state index contributed by atoms with van der Waals surface area (Å²) in [4.78, 5) is 0. The molecule has 0 amide bonds. The second kappa shape index (κ2) is 8.03. The normalized spacial score (nSPS) is 14.0. The summed E-state index contributed by atoms with van der Waals surface area (Å²) in [5.74, 6) is -0.358. The Bertz CT molecular complexity index is 422. The van der Waals surface area contributed by atoms with Crippen LogP contribution in [-0.4, -0.2) is 0 Å². The van der Waals surface area contributed by atoms with Gasteiger partial charge in [-0.2, -0.15) is 0 Å². The van der Waals surface area contributed by atoms with Crippen LogP contribution in [0, 0.1) is 17.6 Å². The van der Waals surface area contributed by atoms with Crippen LogP contribution in [0.2, 0.25) is 0 Å². The zero-order chi connectivity index (χ0) is 15.1. The first-order valence-electron chi connectivity index (χ1n) is 7.31. The van der Waals surface area contributed by atoms with Crippen molar-refractivity contribution in [1.82, 2.24) is 0 Å². The highest BCUT2D eigenvalue weighted by Gasteiger charge is 2.13. The summed E-state index contributed by atoms with van der Waals surface area (Å²) >= 11 is 0. The molecular weight excluding hydrogens is 256 g/mol. The average Bonchev–Trinajstić information content (AvgIpc) is 2.34. The van der Waals surface area contributed by atoms with Crippen molar-refractivity contribution < 1.29 is 8.78 Å². The lowest BCUT2D eigenvalue weighted by atomic mass is 9.87. The smallest absolute Gasteiger partial charge is 0.126 e. The van der Waals surface area contributed by atoms with Crippen molar-refractivity contribution >= 4 is 0 Å². The average molecular weight is 281 g/mol. The maximum absolute atomic E-state index is 13.2. The first kappa shape index (κ1) is 16.7. The number of allylic oxidation sites excluding steroid dienone is 1. The SMILES string of the molecule is C=C(N)CC(CCC)CCC(C)c1cc(F)cc(F)c1. The highest BCUT2D eigenvalue weighted by atomic mass is 19.1. The summed E-state index contributed by atoms with van der Waals surface area (Å²) in [5, 5.41) is 0. The largest absolute Gasteiger partial charge is 0.403 e. The summed E-state index contributed by atoms with van der Waals surface area (Å²) in [6.07, 6.45) is 4.96. The zero-order valence-electron chi connectivity index (χ0n) is 12.5. The van der Waals surface area contributed by atoms with Crippen LogP contribution in [0.15, 0.2) is 30.5 Å². The van der Waals surface area contributed by atoms with Crippen molar-refractivity contribution in [3.05, 3.63) is 47.7 Å². The molecule has 0 bridgehead atoms. The van der Waals surface area contributed by atoms with E-state index in [-0.39, 0.29) is 5.92 Å². The molecule has 112 valence electrons. The first-order chi connectivity index (χ1) is 9.42. The lowest BCUT2D eigenvalue weighted by molar-refractivity contribution is 0.411. The van der Waals surface area contributed by atoms with E-state index in [1.165, 1.54) is 12.1 Å². The van der Waals surface area contributed by atoms with E-state index < -0.39 is 11.6 Å². The molecule has 0 radical (unpaired) electrons. The molecule has 0 aromatic heterocycles. The van der Waals surface area contributed by atoms with Crippen molar-refractivity contribution in [1.29, 1.82) is 0 Å². The summed E-state index contributed by atoms with van der Waals surface area (Å²) in [6, 6.07) is 3.75. The molecule has 0 saturated carbocycles. The number of rotatable bonds is 8. The topological polar surface area (TPSA) is 26.0 Å². The van der Waals surface area contributed by atoms with Gasteiger partial charge in [0.15, 0.2) is 0 Å². The van der Waals surface area contributed by atoms with Gasteiger partial charge in [0.2, 0.25) is 0 Å². The fourth-order valence-corrected chi connectivity index (χ4v) is 2.64. The Morgan fingerprint density at radius 1 is 1.15 bits per heavy atom. The lowest BCUT2D eigenvalue weighted by Crippen LogP contribution is -2.08. The molecule has 1 aromatic carbocycles. The third kappa shape index (κ3) is 5.72. The molecule has 0 fully saturated rings. The molecule has 3 heteroatoms. The van der Waals surface area contributed by atoms with E-state index in [4.69, 9.17) is 5.73 Å². The van der Waals surface area contributed by atoms with Crippen molar-refractivity contribution in [3.63, 3.8) is 0 Å². The maximum Gasteiger partial charge on any atom is 0.126 e. The van der Waals surface area contributed by atoms with E-state index in [0.717, 1.165) is 43.7 Å². The van der Waals surface area contributed by atoms with Gasteiger partial charge in [-0.15, -0.1) is 0 Å². The molecule has 0 saturated heterocycles. The predicted octanol–water partition coefficient (Wildman–Crippen LogP) is 5.13. The van der Waals surface area contributed by atoms with E-state index >= 15 is 0 Å². The molecule has 0 heterocycles. The minimum Gasteiger partial charge on any atom is -0.403 e. The molecule has 0 aliphatic heterocycles. The van der Waals surface area contributed by atoms with Crippen LogP contribution in [0.1, 0.15) is 57.4 Å². The molecule has 1 nitrogen and oxygen atoms in total. The summed E-state index contributed by atoms with van der Waals surface area (Å²) in [7, 11) is 0. The number of hydrogen-bond acceptors (Lipinski definition) is 1. The van der Waals surface area contributed by atoms with Gasteiger partial charge in [0.05, 0.1) is 0 Å². The molecule has 0 spiro atoms. The second-order valence-corrected chi connectivity index (χ2v) is 5.70. The van der Waals surface area contributed by atoms with Crippen molar-refractivity contribution in [2.45, 2.75) is 51.9 Å². The fraction of sp³-hybridized carbons (Fsp3) is 0.529. The molecule has 0 aliphatic rings. The Morgan fingerprint density at radius 3 is 2.25 bits per heavy atom. The Balaban J connectivity index is 2.59. The van der Waals surface area contributed by atoms with Gasteiger partial charge in [0.1, 0.15) is 11.6 Å². The standard InChI is InChI=1S/C17H25F2N/c1-4-5-14(8-13(3)20)7-6-12(2)15-9-16(18)11-17(19)10-15/h9-12,14H,3-8,20H2,1-2H3. The minimum absolute atomic E-state index is 0.144. The van der Waals surface area contributed by atoms with Crippen LogP contribution >= 0.6 is 0 Å². The van der Waals surface area contributed by atoms with Gasteiger partial charge in [-0.25, -0.2) is 8.78 Å². The van der Waals surface area contributed by atoms with Crippen LogP contribution < -0.4 is 5.73 Å².